The molecule has 0 aliphatic heterocycles. The summed E-state index contributed by atoms with van der Waals surface area (Å²) in [5.74, 6) is -0.601. The topological polar surface area (TPSA) is 49.4 Å². The monoisotopic (exact) mass is 348 g/mol. The third-order valence-electron chi connectivity index (χ3n) is 3.54. The van der Waals surface area contributed by atoms with Crippen molar-refractivity contribution >= 4 is 29.1 Å². The first kappa shape index (κ1) is 17.6. The van der Waals surface area contributed by atoms with Crippen molar-refractivity contribution in [3.05, 3.63) is 28.8 Å². The summed E-state index contributed by atoms with van der Waals surface area (Å²) in [6, 6.07) is 2.91. The van der Waals surface area contributed by atoms with Gasteiger partial charge in [0.05, 0.1) is 16.3 Å². The van der Waals surface area contributed by atoms with E-state index in [2.05, 4.69) is 5.32 Å². The minimum Gasteiger partial charge on any atom is -0.339 e. The highest BCUT2D eigenvalue weighted by Crippen LogP contribution is 2.34. The van der Waals surface area contributed by atoms with Gasteiger partial charge in [0.15, 0.2) is 0 Å². The minimum absolute atomic E-state index is 0.00263. The summed E-state index contributed by atoms with van der Waals surface area (Å²) < 4.78 is 38.0. The normalized spacial score (nSPS) is 14.5. The van der Waals surface area contributed by atoms with Gasteiger partial charge in [-0.3, -0.25) is 9.59 Å². The molecule has 0 heterocycles. The number of carbonyl (C=O) groups is 2. The van der Waals surface area contributed by atoms with E-state index in [1.807, 2.05) is 0 Å². The van der Waals surface area contributed by atoms with Gasteiger partial charge in [0.1, 0.15) is 0 Å². The zero-order chi connectivity index (χ0) is 17.2. The second-order valence-corrected chi connectivity index (χ2v) is 5.84. The Bertz CT molecular complexity index is 615. The van der Waals surface area contributed by atoms with Crippen molar-refractivity contribution in [3.8, 4) is 0 Å². The molecular weight excluding hydrogens is 333 g/mol. The van der Waals surface area contributed by atoms with Crippen LogP contribution in [-0.2, 0) is 15.8 Å². The Labute approximate surface area is 136 Å². The Morgan fingerprint density at radius 3 is 2.52 bits per heavy atom. The highest BCUT2D eigenvalue weighted by molar-refractivity contribution is 6.33. The van der Waals surface area contributed by atoms with Crippen molar-refractivity contribution < 1.29 is 22.8 Å². The maximum atomic E-state index is 12.7. The summed E-state index contributed by atoms with van der Waals surface area (Å²) in [7, 11) is 0. The van der Waals surface area contributed by atoms with Crippen molar-refractivity contribution in [3.63, 3.8) is 0 Å². The molecule has 0 unspecified atom stereocenters. The second-order valence-electron chi connectivity index (χ2n) is 5.43. The second kappa shape index (κ2) is 6.78. The lowest BCUT2D eigenvalue weighted by Crippen LogP contribution is -2.33. The number of amides is 2. The minimum atomic E-state index is -4.51. The summed E-state index contributed by atoms with van der Waals surface area (Å²) in [6.45, 7) is 1.67. The van der Waals surface area contributed by atoms with E-state index in [1.165, 1.54) is 6.92 Å². The van der Waals surface area contributed by atoms with Gasteiger partial charge in [-0.2, -0.15) is 13.2 Å². The largest absolute Gasteiger partial charge is 0.416 e. The molecule has 0 bridgehead atoms. The number of hydrogen-bond donors (Lipinski definition) is 1. The van der Waals surface area contributed by atoms with Crippen LogP contribution in [0.25, 0.3) is 0 Å². The first-order valence-corrected chi connectivity index (χ1v) is 7.50. The van der Waals surface area contributed by atoms with Crippen LogP contribution < -0.4 is 5.32 Å². The Balaban J connectivity index is 1.98. The van der Waals surface area contributed by atoms with E-state index in [-0.39, 0.29) is 35.6 Å². The molecule has 1 aromatic rings. The Hall–Kier alpha value is -1.76. The molecule has 23 heavy (non-hydrogen) atoms. The highest BCUT2D eigenvalue weighted by Gasteiger charge is 2.32. The van der Waals surface area contributed by atoms with Crippen LogP contribution in [0, 0.1) is 0 Å². The number of hydrogen-bond acceptors (Lipinski definition) is 2. The molecule has 0 radical (unpaired) electrons. The molecule has 1 aliphatic rings. The van der Waals surface area contributed by atoms with Crippen molar-refractivity contribution in [2.45, 2.75) is 38.4 Å². The van der Waals surface area contributed by atoms with Crippen LogP contribution in [-0.4, -0.2) is 29.3 Å². The van der Waals surface area contributed by atoms with Crippen LogP contribution in [0.5, 0.6) is 0 Å². The zero-order valence-electron chi connectivity index (χ0n) is 12.4. The quantitative estimate of drug-likeness (QED) is 0.882. The predicted molar refractivity (Wildman–Crippen MR) is 80.1 cm³/mol. The van der Waals surface area contributed by atoms with Crippen LogP contribution in [0.4, 0.5) is 18.9 Å². The number of anilines is 1. The smallest absolute Gasteiger partial charge is 0.339 e. The fraction of sp³-hybridized carbons (Fsp3) is 0.467. The number of nitrogens with one attached hydrogen (secondary N) is 1. The molecule has 8 heteroatoms. The van der Waals surface area contributed by atoms with Gasteiger partial charge in [-0.05, 0) is 31.0 Å². The van der Waals surface area contributed by atoms with Crippen molar-refractivity contribution in [1.29, 1.82) is 0 Å². The van der Waals surface area contributed by atoms with Gasteiger partial charge in [0.25, 0.3) is 0 Å². The fourth-order valence-electron chi connectivity index (χ4n) is 2.22. The van der Waals surface area contributed by atoms with E-state index in [1.54, 1.807) is 4.90 Å². The molecule has 1 fully saturated rings. The van der Waals surface area contributed by atoms with E-state index < -0.39 is 17.6 Å². The molecule has 1 aromatic carbocycles. The fourth-order valence-corrected chi connectivity index (χ4v) is 2.38. The number of nitrogens with zero attached hydrogens (tertiary/aromatic N) is 1. The van der Waals surface area contributed by atoms with Crippen LogP contribution in [0.15, 0.2) is 18.2 Å². The summed E-state index contributed by atoms with van der Waals surface area (Å²) in [4.78, 5) is 25.0. The maximum Gasteiger partial charge on any atom is 0.416 e. The lowest BCUT2D eigenvalue weighted by Gasteiger charge is -2.20. The molecule has 2 rings (SSSR count). The van der Waals surface area contributed by atoms with Crippen LogP contribution >= 0.6 is 11.6 Å². The number of benzene rings is 1. The van der Waals surface area contributed by atoms with Gasteiger partial charge in [0, 0.05) is 25.9 Å². The Kier molecular flexibility index (Phi) is 5.19. The molecule has 1 aliphatic carbocycles. The maximum absolute atomic E-state index is 12.7. The molecule has 126 valence electrons. The predicted octanol–water partition coefficient (Wildman–Crippen LogP) is 3.70. The summed E-state index contributed by atoms with van der Waals surface area (Å²) in [5, 5.41) is 2.39. The van der Waals surface area contributed by atoms with Gasteiger partial charge in [-0.15, -0.1) is 0 Å². The summed E-state index contributed by atoms with van der Waals surface area (Å²) in [5.41, 5.74) is -0.979. The zero-order valence-corrected chi connectivity index (χ0v) is 13.2. The highest BCUT2D eigenvalue weighted by atomic mass is 35.5. The molecule has 0 spiro atoms. The standard InChI is InChI=1S/C15H16ClF3N2O2/c1-9(22)21(11-3-4-11)7-6-14(23)20-13-8-10(15(17,18)19)2-5-12(13)16/h2,5,8,11H,3-4,6-7H2,1H3,(H,20,23). The molecule has 0 atom stereocenters. The number of alkyl halides is 3. The average Bonchev–Trinajstić information content (AvgIpc) is 3.24. The van der Waals surface area contributed by atoms with E-state index in [4.69, 9.17) is 11.6 Å². The molecule has 0 aromatic heterocycles. The van der Waals surface area contributed by atoms with Crippen molar-refractivity contribution in [1.82, 2.24) is 4.90 Å². The number of halogens is 4. The molecule has 1 N–H and O–H groups in total. The van der Waals surface area contributed by atoms with Crippen LogP contribution in [0.3, 0.4) is 0 Å². The molecule has 4 nitrogen and oxygen atoms in total. The lowest BCUT2D eigenvalue weighted by atomic mass is 10.2. The average molecular weight is 349 g/mol. The Morgan fingerprint density at radius 1 is 1.35 bits per heavy atom. The third-order valence-corrected chi connectivity index (χ3v) is 3.87. The first-order chi connectivity index (χ1) is 10.7. The summed E-state index contributed by atoms with van der Waals surface area (Å²) in [6.07, 6.45) is -2.68. The van der Waals surface area contributed by atoms with Gasteiger partial charge in [-0.25, -0.2) is 0 Å². The van der Waals surface area contributed by atoms with E-state index in [0.717, 1.165) is 31.0 Å². The third kappa shape index (κ3) is 4.86. The first-order valence-electron chi connectivity index (χ1n) is 7.12. The number of carbonyl (C=O) groups excluding carboxylic acids is 2. The van der Waals surface area contributed by atoms with E-state index >= 15 is 0 Å². The SMILES string of the molecule is CC(=O)N(CCC(=O)Nc1cc(C(F)(F)F)ccc1Cl)C1CC1. The molecule has 2 amide bonds. The Morgan fingerprint density at radius 2 is 2.00 bits per heavy atom. The van der Waals surface area contributed by atoms with Gasteiger partial charge in [-0.1, -0.05) is 11.6 Å². The summed E-state index contributed by atoms with van der Waals surface area (Å²) >= 11 is 5.82. The van der Waals surface area contributed by atoms with Gasteiger partial charge in [0.2, 0.25) is 11.8 Å². The van der Waals surface area contributed by atoms with Crippen LogP contribution in [0.1, 0.15) is 31.7 Å². The van der Waals surface area contributed by atoms with Crippen molar-refractivity contribution in [2.24, 2.45) is 0 Å². The van der Waals surface area contributed by atoms with E-state index in [0.29, 0.717) is 0 Å². The molecule has 1 saturated carbocycles. The van der Waals surface area contributed by atoms with Crippen molar-refractivity contribution in [2.75, 3.05) is 11.9 Å². The van der Waals surface area contributed by atoms with Gasteiger partial charge < -0.3 is 10.2 Å². The number of rotatable bonds is 5. The van der Waals surface area contributed by atoms with E-state index in [9.17, 15) is 22.8 Å². The molecule has 0 saturated heterocycles. The van der Waals surface area contributed by atoms with Gasteiger partial charge >= 0.3 is 6.18 Å². The molecular formula is C15H16ClF3N2O2. The van der Waals surface area contributed by atoms with Crippen LogP contribution in [0.2, 0.25) is 5.02 Å². The lowest BCUT2D eigenvalue weighted by molar-refractivity contribution is -0.137.